The molecule has 27 heavy (non-hydrogen) atoms. The van der Waals surface area contributed by atoms with Gasteiger partial charge in [0.25, 0.3) is 5.91 Å². The number of aliphatic hydroxyl groups excluding tert-OH is 1. The standard InChI is InChI=1S/C21H32N2O4/c1-15-12-18(21(26)23-10-6-5-9-17(23)14-24)19(22)13-20(15)27-11-7-3-4-8-16(2)25/h12-13,17,24H,3-11,14,22H2,1-2H3/t17-/m0/s1. The van der Waals surface area contributed by atoms with E-state index in [9.17, 15) is 14.7 Å². The average molecular weight is 376 g/mol. The molecule has 1 aliphatic rings. The van der Waals surface area contributed by atoms with Gasteiger partial charge < -0.3 is 25.3 Å². The Morgan fingerprint density at radius 2 is 2.04 bits per heavy atom. The molecule has 1 fully saturated rings. The quantitative estimate of drug-likeness (QED) is 0.510. The van der Waals surface area contributed by atoms with Crippen LogP contribution >= 0.6 is 0 Å². The van der Waals surface area contributed by atoms with Crippen LogP contribution < -0.4 is 10.5 Å². The van der Waals surface area contributed by atoms with Crippen molar-refractivity contribution in [1.29, 1.82) is 0 Å². The van der Waals surface area contributed by atoms with Gasteiger partial charge in [-0.1, -0.05) is 0 Å². The fourth-order valence-electron chi connectivity index (χ4n) is 3.49. The highest BCUT2D eigenvalue weighted by atomic mass is 16.5. The van der Waals surface area contributed by atoms with Gasteiger partial charge in [0.1, 0.15) is 11.5 Å². The molecule has 2 rings (SSSR count). The maximum Gasteiger partial charge on any atom is 0.256 e. The summed E-state index contributed by atoms with van der Waals surface area (Å²) in [6, 6.07) is 3.37. The Hall–Kier alpha value is -2.08. The van der Waals surface area contributed by atoms with E-state index in [-0.39, 0.29) is 24.3 Å². The molecule has 3 N–H and O–H groups in total. The molecule has 0 bridgehead atoms. The van der Waals surface area contributed by atoms with Gasteiger partial charge in [0.2, 0.25) is 0 Å². The minimum atomic E-state index is -0.128. The molecular weight excluding hydrogens is 344 g/mol. The molecular formula is C21H32N2O4. The van der Waals surface area contributed by atoms with E-state index in [4.69, 9.17) is 10.5 Å². The van der Waals surface area contributed by atoms with Gasteiger partial charge in [0.05, 0.1) is 24.8 Å². The molecule has 0 unspecified atom stereocenters. The lowest BCUT2D eigenvalue weighted by atomic mass is 10.00. The summed E-state index contributed by atoms with van der Waals surface area (Å²) in [4.78, 5) is 25.6. The van der Waals surface area contributed by atoms with Crippen LogP contribution in [0.5, 0.6) is 5.75 Å². The Kier molecular flexibility index (Phi) is 8.10. The van der Waals surface area contributed by atoms with E-state index in [0.717, 1.165) is 44.1 Å². The number of ketones is 1. The van der Waals surface area contributed by atoms with E-state index in [0.29, 0.717) is 36.6 Å². The fraction of sp³-hybridized carbons (Fsp3) is 0.619. The number of aryl methyl sites for hydroxylation is 1. The third-order valence-corrected chi connectivity index (χ3v) is 5.11. The van der Waals surface area contributed by atoms with Gasteiger partial charge in [-0.2, -0.15) is 0 Å². The lowest BCUT2D eigenvalue weighted by Gasteiger charge is -2.35. The van der Waals surface area contributed by atoms with E-state index in [1.807, 2.05) is 6.92 Å². The molecule has 1 aromatic rings. The second kappa shape index (κ2) is 10.3. The number of nitrogens with two attached hydrogens (primary N) is 1. The minimum Gasteiger partial charge on any atom is -0.493 e. The zero-order valence-corrected chi connectivity index (χ0v) is 16.5. The van der Waals surface area contributed by atoms with Crippen LogP contribution in [0, 0.1) is 6.92 Å². The summed E-state index contributed by atoms with van der Waals surface area (Å²) in [6.45, 7) is 4.71. The smallest absolute Gasteiger partial charge is 0.256 e. The van der Waals surface area contributed by atoms with Crippen LogP contribution in [0.3, 0.4) is 0 Å². The van der Waals surface area contributed by atoms with Crippen molar-refractivity contribution >= 4 is 17.4 Å². The molecule has 0 aromatic heterocycles. The molecule has 1 aliphatic heterocycles. The van der Waals surface area contributed by atoms with Crippen LogP contribution in [0.1, 0.15) is 67.8 Å². The molecule has 150 valence electrons. The third-order valence-electron chi connectivity index (χ3n) is 5.11. The predicted octanol–water partition coefficient (Wildman–Crippen LogP) is 3.09. The Labute approximate surface area is 161 Å². The Bertz CT molecular complexity index is 660. The van der Waals surface area contributed by atoms with Gasteiger partial charge in [-0.25, -0.2) is 0 Å². The summed E-state index contributed by atoms with van der Waals surface area (Å²) >= 11 is 0. The highest BCUT2D eigenvalue weighted by Gasteiger charge is 2.28. The number of aliphatic hydroxyl groups is 1. The van der Waals surface area contributed by atoms with E-state index in [1.165, 1.54) is 0 Å². The maximum atomic E-state index is 12.9. The van der Waals surface area contributed by atoms with Gasteiger partial charge in [-0.15, -0.1) is 0 Å². The van der Waals surface area contributed by atoms with Crippen molar-refractivity contribution in [3.8, 4) is 5.75 Å². The molecule has 1 heterocycles. The second-order valence-corrected chi connectivity index (χ2v) is 7.40. The van der Waals surface area contributed by atoms with Crippen LogP contribution in [0.15, 0.2) is 12.1 Å². The van der Waals surface area contributed by atoms with Crippen LogP contribution in [0.4, 0.5) is 5.69 Å². The van der Waals surface area contributed by atoms with Crippen LogP contribution in [-0.2, 0) is 4.79 Å². The average Bonchev–Trinajstić information content (AvgIpc) is 2.66. The van der Waals surface area contributed by atoms with Gasteiger partial charge in [0.15, 0.2) is 0 Å². The lowest BCUT2D eigenvalue weighted by Crippen LogP contribution is -2.45. The summed E-state index contributed by atoms with van der Waals surface area (Å²) in [7, 11) is 0. The number of benzene rings is 1. The number of carbonyl (C=O) groups excluding carboxylic acids is 2. The van der Waals surface area contributed by atoms with Crippen molar-refractivity contribution in [2.45, 2.75) is 64.8 Å². The third kappa shape index (κ3) is 5.96. The van der Waals surface area contributed by atoms with E-state index < -0.39 is 0 Å². The number of carbonyl (C=O) groups is 2. The molecule has 1 saturated heterocycles. The number of hydrogen-bond donors (Lipinski definition) is 2. The van der Waals surface area contributed by atoms with Crippen molar-refractivity contribution < 1.29 is 19.4 Å². The van der Waals surface area contributed by atoms with Crippen LogP contribution in [0.25, 0.3) is 0 Å². The number of amides is 1. The van der Waals surface area contributed by atoms with Crippen molar-refractivity contribution in [2.75, 3.05) is 25.5 Å². The zero-order valence-electron chi connectivity index (χ0n) is 16.5. The van der Waals surface area contributed by atoms with E-state index in [2.05, 4.69) is 0 Å². The Balaban J connectivity index is 1.97. The highest BCUT2D eigenvalue weighted by Crippen LogP contribution is 2.28. The number of unbranched alkanes of at least 4 members (excludes halogenated alkanes) is 2. The summed E-state index contributed by atoms with van der Waals surface area (Å²) in [5, 5.41) is 9.55. The molecule has 6 nitrogen and oxygen atoms in total. The number of nitrogens with zero attached hydrogens (tertiary/aromatic N) is 1. The number of hydrogen-bond acceptors (Lipinski definition) is 5. The predicted molar refractivity (Wildman–Crippen MR) is 106 cm³/mol. The topological polar surface area (TPSA) is 92.9 Å². The molecule has 0 aliphatic carbocycles. The summed E-state index contributed by atoms with van der Waals surface area (Å²) < 4.78 is 5.82. The molecule has 0 radical (unpaired) electrons. The number of likely N-dealkylation sites (tertiary alicyclic amines) is 1. The first-order valence-corrected chi connectivity index (χ1v) is 9.88. The normalized spacial score (nSPS) is 17.0. The monoisotopic (exact) mass is 376 g/mol. The second-order valence-electron chi connectivity index (χ2n) is 7.40. The number of Topliss-reactive ketones (excluding diaryl/α,β-unsaturated/α-hetero) is 1. The van der Waals surface area contributed by atoms with E-state index >= 15 is 0 Å². The molecule has 0 saturated carbocycles. The molecule has 1 atom stereocenters. The van der Waals surface area contributed by atoms with Crippen molar-refractivity contribution in [1.82, 2.24) is 4.90 Å². The van der Waals surface area contributed by atoms with Gasteiger partial charge in [0, 0.05) is 24.7 Å². The summed E-state index contributed by atoms with van der Waals surface area (Å²) in [5.74, 6) is 0.787. The molecule has 0 spiro atoms. The van der Waals surface area contributed by atoms with Crippen LogP contribution in [-0.4, -0.2) is 47.5 Å². The zero-order chi connectivity index (χ0) is 19.8. The lowest BCUT2D eigenvalue weighted by molar-refractivity contribution is -0.117. The maximum absolute atomic E-state index is 12.9. The molecule has 1 amide bonds. The minimum absolute atomic E-state index is 0.0184. The first-order valence-electron chi connectivity index (χ1n) is 9.88. The van der Waals surface area contributed by atoms with Gasteiger partial charge in [-0.05, 0) is 64.0 Å². The summed E-state index contributed by atoms with van der Waals surface area (Å²) in [6.07, 6.45) is 6.13. The largest absolute Gasteiger partial charge is 0.493 e. The van der Waals surface area contributed by atoms with Gasteiger partial charge in [-0.3, -0.25) is 4.79 Å². The number of nitrogen functional groups attached to an aromatic ring is 1. The summed E-state index contributed by atoms with van der Waals surface area (Å²) in [5.41, 5.74) is 7.89. The number of ether oxygens (including phenoxy) is 1. The van der Waals surface area contributed by atoms with Crippen LogP contribution in [0.2, 0.25) is 0 Å². The Morgan fingerprint density at radius 1 is 1.26 bits per heavy atom. The van der Waals surface area contributed by atoms with E-state index in [1.54, 1.807) is 24.0 Å². The van der Waals surface area contributed by atoms with Crippen molar-refractivity contribution in [3.63, 3.8) is 0 Å². The Morgan fingerprint density at radius 3 is 2.74 bits per heavy atom. The highest BCUT2D eigenvalue weighted by molar-refractivity contribution is 6.00. The van der Waals surface area contributed by atoms with Gasteiger partial charge >= 0.3 is 0 Å². The molecule has 6 heteroatoms. The first kappa shape index (κ1) is 21.2. The van der Waals surface area contributed by atoms with Crippen molar-refractivity contribution in [3.05, 3.63) is 23.3 Å². The SMILES string of the molecule is CC(=O)CCCCCOc1cc(N)c(C(=O)N2CCCC[C@H]2CO)cc1C. The fourth-order valence-corrected chi connectivity index (χ4v) is 3.49. The molecule has 1 aromatic carbocycles. The first-order chi connectivity index (χ1) is 12.9. The number of anilines is 1. The van der Waals surface area contributed by atoms with Crippen molar-refractivity contribution in [2.24, 2.45) is 0 Å². The number of rotatable bonds is 9. The number of piperidine rings is 1.